The van der Waals surface area contributed by atoms with Gasteiger partial charge in [0.1, 0.15) is 11.6 Å². The molecule has 0 unspecified atom stereocenters. The van der Waals surface area contributed by atoms with Gasteiger partial charge in [0.15, 0.2) is 5.70 Å². The van der Waals surface area contributed by atoms with Crippen LogP contribution in [0.15, 0.2) is 60.0 Å². The molecule has 2 amide bonds. The fourth-order valence-corrected chi connectivity index (χ4v) is 2.98. The number of ether oxygens (including phenoxy) is 1. The largest absolute Gasteiger partial charge is 0.508 e. The Morgan fingerprint density at radius 1 is 1.00 bits per heavy atom. The van der Waals surface area contributed by atoms with E-state index in [0.29, 0.717) is 13.1 Å². The van der Waals surface area contributed by atoms with Gasteiger partial charge >= 0.3 is 11.9 Å². The van der Waals surface area contributed by atoms with Crippen LogP contribution in [-0.2, 0) is 14.3 Å². The van der Waals surface area contributed by atoms with Crippen molar-refractivity contribution >= 4 is 23.5 Å². The van der Waals surface area contributed by atoms with Crippen molar-refractivity contribution in [1.29, 1.82) is 0 Å². The normalized spacial score (nSPS) is 13.8. The van der Waals surface area contributed by atoms with Crippen LogP contribution in [0.4, 0.5) is 10.1 Å². The van der Waals surface area contributed by atoms with E-state index in [4.69, 9.17) is 4.74 Å². The average Bonchev–Trinajstić information content (AvgIpc) is 2.95. The Kier molecular flexibility index (Phi) is 5.63. The Labute approximate surface area is 166 Å². The van der Waals surface area contributed by atoms with E-state index in [2.05, 4.69) is 0 Å². The Morgan fingerprint density at radius 2 is 1.59 bits per heavy atom. The standard InChI is InChI=1S/C21H19FN2O5/c1-3-23(4-2)17-18(29-21(28)13-5-11-16(25)12-6-13)20(27)24(19(17)26)15-9-7-14(22)8-10-15/h5-12,25H,3-4H2,1-2H3. The van der Waals surface area contributed by atoms with Gasteiger partial charge in [-0.15, -0.1) is 0 Å². The second-order valence-electron chi connectivity index (χ2n) is 6.21. The van der Waals surface area contributed by atoms with Gasteiger partial charge < -0.3 is 14.7 Å². The molecule has 7 nitrogen and oxygen atoms in total. The SMILES string of the molecule is CCN(CC)C1=C(OC(=O)c2ccc(O)cc2)C(=O)N(c2ccc(F)cc2)C1=O. The number of nitrogens with zero attached hydrogens (tertiary/aromatic N) is 2. The molecule has 0 saturated carbocycles. The molecule has 0 aliphatic carbocycles. The van der Waals surface area contributed by atoms with E-state index < -0.39 is 23.6 Å². The molecule has 0 radical (unpaired) electrons. The molecule has 2 aromatic carbocycles. The number of imide groups is 1. The van der Waals surface area contributed by atoms with Crippen molar-refractivity contribution in [3.8, 4) is 5.75 Å². The molecule has 1 aliphatic heterocycles. The molecule has 2 aromatic rings. The molecule has 0 saturated heterocycles. The second kappa shape index (κ2) is 8.14. The summed E-state index contributed by atoms with van der Waals surface area (Å²) in [6.45, 7) is 4.41. The third-order valence-corrected chi connectivity index (χ3v) is 4.48. The van der Waals surface area contributed by atoms with Crippen LogP contribution in [0.5, 0.6) is 5.75 Å². The van der Waals surface area contributed by atoms with Gasteiger partial charge in [-0.25, -0.2) is 14.1 Å². The fraction of sp³-hybridized carbons (Fsp3) is 0.190. The van der Waals surface area contributed by atoms with E-state index in [9.17, 15) is 23.9 Å². The van der Waals surface area contributed by atoms with Crippen LogP contribution >= 0.6 is 0 Å². The highest BCUT2D eigenvalue weighted by Gasteiger charge is 2.44. The Balaban J connectivity index is 2.00. The summed E-state index contributed by atoms with van der Waals surface area (Å²) in [5, 5.41) is 9.36. The predicted octanol–water partition coefficient (Wildman–Crippen LogP) is 2.81. The summed E-state index contributed by atoms with van der Waals surface area (Å²) in [5.41, 5.74) is 0.243. The van der Waals surface area contributed by atoms with Gasteiger partial charge in [-0.05, 0) is 62.4 Å². The van der Waals surface area contributed by atoms with Crippen molar-refractivity contribution in [2.24, 2.45) is 0 Å². The quantitative estimate of drug-likeness (QED) is 0.595. The number of rotatable bonds is 6. The molecule has 150 valence electrons. The first-order valence-corrected chi connectivity index (χ1v) is 9.02. The van der Waals surface area contributed by atoms with Crippen LogP contribution in [0.1, 0.15) is 24.2 Å². The van der Waals surface area contributed by atoms with Crippen molar-refractivity contribution in [1.82, 2.24) is 4.90 Å². The number of hydrogen-bond donors (Lipinski definition) is 1. The number of anilines is 1. The number of halogens is 1. The van der Waals surface area contributed by atoms with Gasteiger partial charge in [-0.3, -0.25) is 9.59 Å². The molecule has 0 spiro atoms. The van der Waals surface area contributed by atoms with E-state index in [-0.39, 0.29) is 28.5 Å². The van der Waals surface area contributed by atoms with E-state index in [1.165, 1.54) is 36.4 Å². The molecular formula is C21H19FN2O5. The number of aromatic hydroxyl groups is 1. The maximum Gasteiger partial charge on any atom is 0.343 e. The monoisotopic (exact) mass is 398 g/mol. The number of carbonyl (C=O) groups is 3. The molecule has 0 bridgehead atoms. The van der Waals surface area contributed by atoms with Gasteiger partial charge in [-0.1, -0.05) is 0 Å². The smallest absolute Gasteiger partial charge is 0.343 e. The van der Waals surface area contributed by atoms with Crippen molar-refractivity contribution < 1.29 is 28.6 Å². The fourth-order valence-electron chi connectivity index (χ4n) is 2.98. The summed E-state index contributed by atoms with van der Waals surface area (Å²) in [7, 11) is 0. The van der Waals surface area contributed by atoms with Crippen molar-refractivity contribution in [2.75, 3.05) is 18.0 Å². The zero-order chi connectivity index (χ0) is 21.1. The van der Waals surface area contributed by atoms with E-state index >= 15 is 0 Å². The van der Waals surface area contributed by atoms with Crippen LogP contribution in [0.3, 0.4) is 0 Å². The highest BCUT2D eigenvalue weighted by Crippen LogP contribution is 2.30. The first-order chi connectivity index (χ1) is 13.9. The minimum Gasteiger partial charge on any atom is -0.508 e. The first-order valence-electron chi connectivity index (χ1n) is 9.02. The summed E-state index contributed by atoms with van der Waals surface area (Å²) < 4.78 is 18.6. The molecule has 29 heavy (non-hydrogen) atoms. The predicted molar refractivity (Wildman–Crippen MR) is 102 cm³/mol. The average molecular weight is 398 g/mol. The lowest BCUT2D eigenvalue weighted by molar-refractivity contribution is -0.122. The van der Waals surface area contributed by atoms with Gasteiger partial charge in [-0.2, -0.15) is 0 Å². The number of likely N-dealkylation sites (N-methyl/N-ethyl adjacent to an activating group) is 1. The molecule has 0 fully saturated rings. The lowest BCUT2D eigenvalue weighted by Gasteiger charge is -2.22. The number of hydrogen-bond acceptors (Lipinski definition) is 6. The minimum absolute atomic E-state index is 0.0285. The lowest BCUT2D eigenvalue weighted by Crippen LogP contribution is -2.35. The lowest BCUT2D eigenvalue weighted by atomic mass is 10.2. The van der Waals surface area contributed by atoms with Crippen LogP contribution in [0.2, 0.25) is 0 Å². The maximum atomic E-state index is 13.3. The minimum atomic E-state index is -0.841. The van der Waals surface area contributed by atoms with E-state index in [0.717, 1.165) is 17.0 Å². The van der Waals surface area contributed by atoms with Gasteiger partial charge in [0.25, 0.3) is 5.91 Å². The summed E-state index contributed by atoms with van der Waals surface area (Å²) in [6.07, 6.45) is 0. The molecular weight excluding hydrogens is 379 g/mol. The number of amides is 2. The zero-order valence-electron chi connectivity index (χ0n) is 15.9. The molecule has 3 rings (SSSR count). The van der Waals surface area contributed by atoms with Crippen molar-refractivity contribution in [2.45, 2.75) is 13.8 Å². The number of phenolic OH excluding ortho intramolecular Hbond substituents is 1. The van der Waals surface area contributed by atoms with E-state index in [1.807, 2.05) is 0 Å². The van der Waals surface area contributed by atoms with E-state index in [1.54, 1.807) is 18.7 Å². The number of phenols is 1. The van der Waals surface area contributed by atoms with Gasteiger partial charge in [0, 0.05) is 13.1 Å². The summed E-state index contributed by atoms with van der Waals surface area (Å²) in [4.78, 5) is 41.0. The van der Waals surface area contributed by atoms with Crippen LogP contribution in [0, 0.1) is 5.82 Å². The molecule has 1 N–H and O–H groups in total. The molecule has 0 aromatic heterocycles. The Bertz CT molecular complexity index is 979. The molecule has 0 atom stereocenters. The summed E-state index contributed by atoms with van der Waals surface area (Å²) >= 11 is 0. The maximum absolute atomic E-state index is 13.3. The molecule has 8 heteroatoms. The number of esters is 1. The van der Waals surface area contributed by atoms with Crippen molar-refractivity contribution in [3.05, 3.63) is 71.4 Å². The second-order valence-corrected chi connectivity index (χ2v) is 6.21. The van der Waals surface area contributed by atoms with Crippen molar-refractivity contribution in [3.63, 3.8) is 0 Å². The molecule has 1 heterocycles. The third kappa shape index (κ3) is 3.82. The number of benzene rings is 2. The third-order valence-electron chi connectivity index (χ3n) is 4.48. The summed E-state index contributed by atoms with van der Waals surface area (Å²) in [6, 6.07) is 10.2. The highest BCUT2D eigenvalue weighted by molar-refractivity contribution is 6.32. The van der Waals surface area contributed by atoms with Gasteiger partial charge in [0.2, 0.25) is 5.76 Å². The highest BCUT2D eigenvalue weighted by atomic mass is 19.1. The summed E-state index contributed by atoms with van der Waals surface area (Å²) in [5.74, 6) is -3.23. The Hall–Kier alpha value is -3.68. The van der Waals surface area contributed by atoms with Crippen LogP contribution < -0.4 is 4.90 Å². The van der Waals surface area contributed by atoms with Crippen LogP contribution in [-0.4, -0.2) is 40.9 Å². The van der Waals surface area contributed by atoms with Gasteiger partial charge in [0.05, 0.1) is 11.3 Å². The zero-order valence-corrected chi connectivity index (χ0v) is 15.9. The Morgan fingerprint density at radius 3 is 2.14 bits per heavy atom. The topological polar surface area (TPSA) is 87.2 Å². The first kappa shape index (κ1) is 20.1. The number of carbonyl (C=O) groups excluding carboxylic acids is 3. The molecule has 1 aliphatic rings. The van der Waals surface area contributed by atoms with Crippen LogP contribution in [0.25, 0.3) is 0 Å².